The maximum atomic E-state index is 6.27. The molecule has 0 saturated carbocycles. The Balaban J connectivity index is 1.70. The lowest BCUT2D eigenvalue weighted by molar-refractivity contribution is 0.182. The quantitative estimate of drug-likeness (QED) is 0.937. The van der Waals surface area contributed by atoms with Crippen LogP contribution in [0.4, 0.5) is 0 Å². The summed E-state index contributed by atoms with van der Waals surface area (Å²) < 4.78 is 0. The fourth-order valence-electron chi connectivity index (χ4n) is 3.16. The van der Waals surface area contributed by atoms with Gasteiger partial charge in [0, 0.05) is 36.5 Å². The molecule has 0 aliphatic carbocycles. The summed E-state index contributed by atoms with van der Waals surface area (Å²) in [6.07, 6.45) is 1.12. The van der Waals surface area contributed by atoms with E-state index in [0.717, 1.165) is 26.1 Å². The topological polar surface area (TPSA) is 29.3 Å². The third-order valence-corrected chi connectivity index (χ3v) is 5.03. The van der Waals surface area contributed by atoms with Gasteiger partial charge >= 0.3 is 0 Å². The number of piperidine rings is 1. The molecule has 20 heavy (non-hydrogen) atoms. The summed E-state index contributed by atoms with van der Waals surface area (Å²) in [4.78, 5) is 3.99. The molecule has 2 atom stereocenters. The number of rotatable bonds is 3. The Morgan fingerprint density at radius 1 is 1.25 bits per heavy atom. The average Bonchev–Trinajstić information content (AvgIpc) is 2.91. The van der Waals surface area contributed by atoms with Crippen molar-refractivity contribution in [2.24, 2.45) is 5.73 Å². The fraction of sp³-hybridized carbons (Fsp3) is 0.412. The van der Waals surface area contributed by atoms with Gasteiger partial charge in [0.15, 0.2) is 0 Å². The summed E-state index contributed by atoms with van der Waals surface area (Å²) >= 11 is 1.86. The second-order valence-electron chi connectivity index (χ2n) is 5.89. The first-order chi connectivity index (χ1) is 9.70. The third-order valence-electron chi connectivity index (χ3n) is 3.99. The largest absolute Gasteiger partial charge is 0.327 e. The van der Waals surface area contributed by atoms with Gasteiger partial charge in [-0.1, -0.05) is 35.9 Å². The van der Waals surface area contributed by atoms with Crippen LogP contribution in [0, 0.1) is 6.92 Å². The number of benzene rings is 1. The normalized spacial score (nSPS) is 23.9. The molecule has 2 heterocycles. The van der Waals surface area contributed by atoms with Crippen molar-refractivity contribution in [1.29, 1.82) is 0 Å². The highest BCUT2D eigenvalue weighted by molar-refractivity contribution is 7.10. The summed E-state index contributed by atoms with van der Waals surface area (Å²) in [7, 11) is 0. The van der Waals surface area contributed by atoms with E-state index in [0.29, 0.717) is 12.0 Å². The fourth-order valence-corrected chi connectivity index (χ4v) is 3.99. The Bertz CT molecular complexity index is 550. The van der Waals surface area contributed by atoms with Crippen LogP contribution in [0.1, 0.15) is 28.3 Å². The summed E-state index contributed by atoms with van der Waals surface area (Å²) in [6, 6.07) is 13.5. The van der Waals surface area contributed by atoms with Gasteiger partial charge in [0.1, 0.15) is 0 Å². The first kappa shape index (κ1) is 13.8. The molecule has 1 saturated heterocycles. The highest BCUT2D eigenvalue weighted by Gasteiger charge is 2.26. The second-order valence-corrected chi connectivity index (χ2v) is 6.87. The lowest BCUT2D eigenvalue weighted by Gasteiger charge is -2.36. The molecular weight excluding hydrogens is 264 g/mol. The zero-order chi connectivity index (χ0) is 13.9. The lowest BCUT2D eigenvalue weighted by atomic mass is 9.93. The van der Waals surface area contributed by atoms with Crippen LogP contribution in [0.3, 0.4) is 0 Å². The van der Waals surface area contributed by atoms with Gasteiger partial charge in [0.2, 0.25) is 0 Å². The minimum Gasteiger partial charge on any atom is -0.327 e. The number of likely N-dealkylation sites (tertiary alicyclic amines) is 1. The smallest absolute Gasteiger partial charge is 0.0234 e. The van der Waals surface area contributed by atoms with E-state index in [4.69, 9.17) is 5.73 Å². The molecular formula is C17H22N2S. The van der Waals surface area contributed by atoms with E-state index in [1.807, 2.05) is 11.3 Å². The average molecular weight is 286 g/mol. The van der Waals surface area contributed by atoms with Crippen molar-refractivity contribution in [2.75, 3.05) is 13.1 Å². The number of hydrogen-bond acceptors (Lipinski definition) is 3. The molecule has 1 fully saturated rings. The maximum Gasteiger partial charge on any atom is 0.0234 e. The van der Waals surface area contributed by atoms with Crippen molar-refractivity contribution >= 4 is 11.3 Å². The standard InChI is InChI=1S/C17H22N2S/c1-13-4-2-5-14(8-13)10-19-11-15(9-16(18)12-19)17-6-3-7-20-17/h2-8,15-16H,9-12,18H2,1H3. The van der Waals surface area contributed by atoms with Crippen LogP contribution < -0.4 is 5.73 Å². The van der Waals surface area contributed by atoms with Gasteiger partial charge in [-0.15, -0.1) is 11.3 Å². The Kier molecular flexibility index (Phi) is 4.20. The van der Waals surface area contributed by atoms with E-state index in [-0.39, 0.29) is 0 Å². The Morgan fingerprint density at radius 3 is 2.90 bits per heavy atom. The van der Waals surface area contributed by atoms with Crippen LogP contribution in [0.25, 0.3) is 0 Å². The molecule has 3 heteroatoms. The SMILES string of the molecule is Cc1cccc(CN2CC(N)CC(c3cccs3)C2)c1. The number of nitrogens with two attached hydrogens (primary N) is 1. The minimum atomic E-state index is 0.292. The van der Waals surface area contributed by atoms with Gasteiger partial charge in [-0.2, -0.15) is 0 Å². The molecule has 106 valence electrons. The minimum absolute atomic E-state index is 0.292. The van der Waals surface area contributed by atoms with Gasteiger partial charge in [0.05, 0.1) is 0 Å². The molecule has 0 bridgehead atoms. The van der Waals surface area contributed by atoms with Crippen LogP contribution in [0.15, 0.2) is 41.8 Å². The van der Waals surface area contributed by atoms with Gasteiger partial charge in [-0.3, -0.25) is 4.90 Å². The van der Waals surface area contributed by atoms with Crippen molar-refractivity contribution in [3.8, 4) is 0 Å². The number of nitrogens with zero attached hydrogens (tertiary/aromatic N) is 1. The molecule has 0 amide bonds. The van der Waals surface area contributed by atoms with Gasteiger partial charge in [0.25, 0.3) is 0 Å². The van der Waals surface area contributed by atoms with Crippen molar-refractivity contribution < 1.29 is 0 Å². The first-order valence-electron chi connectivity index (χ1n) is 7.27. The summed E-state index contributed by atoms with van der Waals surface area (Å²) in [5, 5.41) is 2.17. The van der Waals surface area contributed by atoms with E-state index in [9.17, 15) is 0 Å². The van der Waals surface area contributed by atoms with Crippen LogP contribution in [-0.4, -0.2) is 24.0 Å². The molecule has 1 aromatic carbocycles. The Hall–Kier alpha value is -1.16. The van der Waals surface area contributed by atoms with E-state index in [1.165, 1.54) is 16.0 Å². The van der Waals surface area contributed by atoms with E-state index in [2.05, 4.69) is 53.6 Å². The van der Waals surface area contributed by atoms with Crippen LogP contribution in [0.5, 0.6) is 0 Å². The molecule has 1 aromatic heterocycles. The second kappa shape index (κ2) is 6.08. The first-order valence-corrected chi connectivity index (χ1v) is 8.15. The van der Waals surface area contributed by atoms with Gasteiger partial charge in [-0.25, -0.2) is 0 Å². The Labute approximate surface area is 125 Å². The number of aryl methyl sites for hydroxylation is 1. The highest BCUT2D eigenvalue weighted by atomic mass is 32.1. The molecule has 0 radical (unpaired) electrons. The van der Waals surface area contributed by atoms with Crippen LogP contribution in [0.2, 0.25) is 0 Å². The monoisotopic (exact) mass is 286 g/mol. The van der Waals surface area contributed by atoms with Crippen LogP contribution >= 0.6 is 11.3 Å². The zero-order valence-corrected chi connectivity index (χ0v) is 12.8. The van der Waals surface area contributed by atoms with E-state index < -0.39 is 0 Å². The highest BCUT2D eigenvalue weighted by Crippen LogP contribution is 2.30. The number of hydrogen-bond donors (Lipinski definition) is 1. The predicted octanol–water partition coefficient (Wildman–Crippen LogP) is 3.37. The van der Waals surface area contributed by atoms with Crippen molar-refractivity contribution in [1.82, 2.24) is 4.90 Å². The summed E-state index contributed by atoms with van der Waals surface area (Å²) in [6.45, 7) is 5.30. The van der Waals surface area contributed by atoms with Crippen molar-refractivity contribution in [2.45, 2.75) is 31.8 Å². The third kappa shape index (κ3) is 3.29. The Morgan fingerprint density at radius 2 is 2.15 bits per heavy atom. The molecule has 2 unspecified atom stereocenters. The molecule has 1 aliphatic heterocycles. The lowest BCUT2D eigenvalue weighted by Crippen LogP contribution is -2.45. The number of thiophene rings is 1. The predicted molar refractivity (Wildman–Crippen MR) is 86.1 cm³/mol. The molecule has 2 nitrogen and oxygen atoms in total. The van der Waals surface area contributed by atoms with Crippen LogP contribution in [-0.2, 0) is 6.54 Å². The van der Waals surface area contributed by atoms with Gasteiger partial charge < -0.3 is 5.73 Å². The molecule has 2 N–H and O–H groups in total. The van der Waals surface area contributed by atoms with E-state index >= 15 is 0 Å². The molecule has 0 spiro atoms. The summed E-state index contributed by atoms with van der Waals surface area (Å²) in [5.41, 5.74) is 8.99. The van der Waals surface area contributed by atoms with Crippen molar-refractivity contribution in [3.63, 3.8) is 0 Å². The van der Waals surface area contributed by atoms with E-state index in [1.54, 1.807) is 0 Å². The molecule has 2 aromatic rings. The maximum absolute atomic E-state index is 6.27. The van der Waals surface area contributed by atoms with Crippen molar-refractivity contribution in [3.05, 3.63) is 57.8 Å². The summed E-state index contributed by atoms with van der Waals surface area (Å²) in [5.74, 6) is 0.601. The molecule has 3 rings (SSSR count). The van der Waals surface area contributed by atoms with Gasteiger partial charge in [-0.05, 0) is 30.4 Å². The zero-order valence-electron chi connectivity index (χ0n) is 12.0. The molecule has 1 aliphatic rings.